The van der Waals surface area contributed by atoms with Gasteiger partial charge in [-0.2, -0.15) is 0 Å². The summed E-state index contributed by atoms with van der Waals surface area (Å²) in [7, 11) is 0. The van der Waals surface area contributed by atoms with Crippen molar-refractivity contribution in [2.45, 2.75) is 13.2 Å². The van der Waals surface area contributed by atoms with E-state index in [9.17, 15) is 4.79 Å². The molecule has 1 atom stereocenters. The summed E-state index contributed by atoms with van der Waals surface area (Å²) >= 11 is 0. The van der Waals surface area contributed by atoms with Crippen LogP contribution in [0.3, 0.4) is 0 Å². The highest BCUT2D eigenvalue weighted by Gasteiger charge is 2.01. The molecule has 0 spiro atoms. The van der Waals surface area contributed by atoms with Gasteiger partial charge in [0.2, 0.25) is 0 Å². The Kier molecular flexibility index (Phi) is 2.43. The van der Waals surface area contributed by atoms with E-state index in [-0.39, 0.29) is 5.63 Å². The molecule has 78 valence electrons. The lowest BCUT2D eigenvalue weighted by Gasteiger charge is -2.09. The molecular formula is C11H11NO3. The van der Waals surface area contributed by atoms with Crippen molar-refractivity contribution >= 4 is 11.0 Å². The summed E-state index contributed by atoms with van der Waals surface area (Å²) in [6.45, 7) is 1.73. The molecule has 2 aromatic rings. The summed E-state index contributed by atoms with van der Waals surface area (Å²) in [5.74, 6) is 0.590. The van der Waals surface area contributed by atoms with Crippen LogP contribution in [0.25, 0.3) is 11.0 Å². The number of nitrogens with two attached hydrogens (primary N) is 1. The van der Waals surface area contributed by atoms with Crippen LogP contribution in [0.5, 0.6) is 5.75 Å². The number of rotatable bonds is 2. The van der Waals surface area contributed by atoms with E-state index in [1.165, 1.54) is 6.07 Å². The van der Waals surface area contributed by atoms with Crippen molar-refractivity contribution in [1.82, 2.24) is 0 Å². The van der Waals surface area contributed by atoms with Gasteiger partial charge in [0.05, 0.1) is 0 Å². The first-order valence-electron chi connectivity index (χ1n) is 4.61. The Morgan fingerprint density at radius 3 is 2.80 bits per heavy atom. The van der Waals surface area contributed by atoms with Crippen LogP contribution in [0, 0.1) is 0 Å². The third-order valence-corrected chi connectivity index (χ3v) is 1.92. The first kappa shape index (κ1) is 9.73. The molecule has 1 aromatic heterocycles. The van der Waals surface area contributed by atoms with E-state index >= 15 is 0 Å². The van der Waals surface area contributed by atoms with Crippen molar-refractivity contribution in [2.75, 3.05) is 0 Å². The van der Waals surface area contributed by atoms with Crippen LogP contribution in [0.1, 0.15) is 6.92 Å². The lowest BCUT2D eigenvalue weighted by Crippen LogP contribution is -2.22. The molecule has 1 aromatic carbocycles. The van der Waals surface area contributed by atoms with Crippen LogP contribution >= 0.6 is 0 Å². The van der Waals surface area contributed by atoms with E-state index in [4.69, 9.17) is 14.9 Å². The Bertz CT molecular complexity index is 531. The van der Waals surface area contributed by atoms with Crippen molar-refractivity contribution in [1.29, 1.82) is 0 Å². The molecule has 0 aliphatic carbocycles. The first-order valence-corrected chi connectivity index (χ1v) is 4.61. The van der Waals surface area contributed by atoms with Gasteiger partial charge < -0.3 is 9.15 Å². The smallest absolute Gasteiger partial charge is 0.336 e. The van der Waals surface area contributed by atoms with Gasteiger partial charge in [-0.3, -0.25) is 5.73 Å². The van der Waals surface area contributed by atoms with Gasteiger partial charge in [-0.1, -0.05) is 0 Å². The molecule has 4 nitrogen and oxygen atoms in total. The van der Waals surface area contributed by atoms with Crippen LogP contribution in [-0.2, 0) is 0 Å². The number of hydrogen-bond donors (Lipinski definition) is 1. The molecule has 0 aliphatic heterocycles. The van der Waals surface area contributed by atoms with Gasteiger partial charge >= 0.3 is 5.63 Å². The van der Waals surface area contributed by atoms with Gasteiger partial charge in [0.1, 0.15) is 17.6 Å². The topological polar surface area (TPSA) is 65.5 Å². The lowest BCUT2D eigenvalue weighted by atomic mass is 10.2. The van der Waals surface area contributed by atoms with E-state index in [0.717, 1.165) is 5.39 Å². The molecule has 0 amide bonds. The molecule has 0 saturated heterocycles. The Balaban J connectivity index is 2.49. The second kappa shape index (κ2) is 3.74. The summed E-state index contributed by atoms with van der Waals surface area (Å²) in [6, 6.07) is 8.34. The minimum Gasteiger partial charge on any atom is -0.476 e. The zero-order valence-corrected chi connectivity index (χ0v) is 8.27. The molecule has 15 heavy (non-hydrogen) atoms. The zero-order valence-electron chi connectivity index (χ0n) is 8.27. The van der Waals surface area contributed by atoms with Gasteiger partial charge in [0.25, 0.3) is 0 Å². The number of ether oxygens (including phenoxy) is 1. The molecule has 0 saturated carbocycles. The quantitative estimate of drug-likeness (QED) is 0.595. The van der Waals surface area contributed by atoms with Crippen LogP contribution in [0.2, 0.25) is 0 Å². The van der Waals surface area contributed by atoms with Crippen molar-refractivity contribution < 1.29 is 9.15 Å². The van der Waals surface area contributed by atoms with Gasteiger partial charge in [0.15, 0.2) is 0 Å². The normalized spacial score (nSPS) is 12.7. The van der Waals surface area contributed by atoms with Crippen LogP contribution in [-0.4, -0.2) is 6.23 Å². The van der Waals surface area contributed by atoms with Gasteiger partial charge in [-0.05, 0) is 25.1 Å². The van der Waals surface area contributed by atoms with E-state index in [1.807, 2.05) is 6.07 Å². The van der Waals surface area contributed by atoms with Crippen molar-refractivity contribution in [3.8, 4) is 5.75 Å². The second-order valence-electron chi connectivity index (χ2n) is 3.28. The Morgan fingerprint density at radius 1 is 1.33 bits per heavy atom. The summed E-state index contributed by atoms with van der Waals surface area (Å²) in [4.78, 5) is 11.0. The Morgan fingerprint density at radius 2 is 2.07 bits per heavy atom. The van der Waals surface area contributed by atoms with Crippen LogP contribution < -0.4 is 16.1 Å². The molecule has 0 fully saturated rings. The number of hydrogen-bond acceptors (Lipinski definition) is 4. The van der Waals surface area contributed by atoms with Gasteiger partial charge in [-0.25, -0.2) is 4.79 Å². The molecule has 0 radical (unpaired) electrons. The summed E-state index contributed by atoms with van der Waals surface area (Å²) in [5, 5.41) is 0.853. The predicted molar refractivity (Wildman–Crippen MR) is 56.8 cm³/mol. The lowest BCUT2D eigenvalue weighted by molar-refractivity contribution is 0.230. The van der Waals surface area contributed by atoms with Crippen molar-refractivity contribution in [3.05, 3.63) is 40.8 Å². The Hall–Kier alpha value is -1.81. The SMILES string of the molecule is CC(N)Oc1ccc2ccc(=O)oc2c1. The van der Waals surface area contributed by atoms with E-state index in [2.05, 4.69) is 0 Å². The fourth-order valence-electron chi connectivity index (χ4n) is 1.33. The van der Waals surface area contributed by atoms with Crippen LogP contribution in [0.4, 0.5) is 0 Å². The highest BCUT2D eigenvalue weighted by Crippen LogP contribution is 2.19. The first-order chi connectivity index (χ1) is 7.15. The molecule has 1 unspecified atom stereocenters. The molecule has 2 rings (SSSR count). The molecule has 1 heterocycles. The summed E-state index contributed by atoms with van der Waals surface area (Å²) in [5.41, 5.74) is 5.61. The fourth-order valence-corrected chi connectivity index (χ4v) is 1.33. The van der Waals surface area contributed by atoms with E-state index < -0.39 is 6.23 Å². The fraction of sp³-hybridized carbons (Fsp3) is 0.182. The molecule has 2 N–H and O–H groups in total. The maximum Gasteiger partial charge on any atom is 0.336 e. The highest BCUT2D eigenvalue weighted by atomic mass is 16.5. The molecular weight excluding hydrogens is 194 g/mol. The average Bonchev–Trinajstić information content (AvgIpc) is 2.16. The predicted octanol–water partition coefficient (Wildman–Crippen LogP) is 1.48. The van der Waals surface area contributed by atoms with Crippen molar-refractivity contribution in [2.24, 2.45) is 5.73 Å². The van der Waals surface area contributed by atoms with Gasteiger partial charge in [-0.15, -0.1) is 0 Å². The minimum absolute atomic E-state index is 0.375. The van der Waals surface area contributed by atoms with Crippen molar-refractivity contribution in [3.63, 3.8) is 0 Å². The Labute approximate surface area is 86.3 Å². The molecule has 4 heteroatoms. The third-order valence-electron chi connectivity index (χ3n) is 1.92. The largest absolute Gasteiger partial charge is 0.476 e. The number of benzene rings is 1. The monoisotopic (exact) mass is 205 g/mol. The standard InChI is InChI=1S/C11H11NO3/c1-7(12)14-9-4-2-8-3-5-11(13)15-10(8)6-9/h2-7H,12H2,1H3. The average molecular weight is 205 g/mol. The minimum atomic E-state index is -0.391. The highest BCUT2D eigenvalue weighted by molar-refractivity contribution is 5.77. The second-order valence-corrected chi connectivity index (χ2v) is 3.28. The maximum atomic E-state index is 11.0. The summed E-state index contributed by atoms with van der Waals surface area (Å²) in [6.07, 6.45) is -0.391. The summed E-state index contributed by atoms with van der Waals surface area (Å²) < 4.78 is 10.3. The van der Waals surface area contributed by atoms with Gasteiger partial charge in [0, 0.05) is 17.5 Å². The zero-order chi connectivity index (χ0) is 10.8. The molecule has 0 aliphatic rings. The van der Waals surface area contributed by atoms with Crippen LogP contribution in [0.15, 0.2) is 39.5 Å². The molecule has 0 bridgehead atoms. The third kappa shape index (κ3) is 2.16. The maximum absolute atomic E-state index is 11.0. The van der Waals surface area contributed by atoms with E-state index in [0.29, 0.717) is 11.3 Å². The number of fused-ring (bicyclic) bond motifs is 1. The van der Waals surface area contributed by atoms with E-state index in [1.54, 1.807) is 25.1 Å².